The first-order valence-electron chi connectivity index (χ1n) is 10.0. The summed E-state index contributed by atoms with van der Waals surface area (Å²) in [5.74, 6) is -1.83. The molecule has 2 N–H and O–H groups in total. The fourth-order valence-corrected chi connectivity index (χ4v) is 4.46. The predicted octanol–water partition coefficient (Wildman–Crippen LogP) is 3.81. The van der Waals surface area contributed by atoms with E-state index in [0.717, 1.165) is 12.1 Å². The van der Waals surface area contributed by atoms with Crippen LogP contribution in [0.15, 0.2) is 53.4 Å². The zero-order chi connectivity index (χ0) is 24.5. The van der Waals surface area contributed by atoms with E-state index in [2.05, 4.69) is 15.3 Å². The number of nitrogens with one attached hydrogen (secondary N) is 2. The normalized spacial score (nSPS) is 14.9. The molecule has 0 spiro atoms. The van der Waals surface area contributed by atoms with Crippen molar-refractivity contribution in [3.63, 3.8) is 0 Å². The monoisotopic (exact) mass is 515 g/mol. The van der Waals surface area contributed by atoms with E-state index in [0.29, 0.717) is 31.7 Å². The summed E-state index contributed by atoms with van der Waals surface area (Å²) < 4.78 is 80.5. The minimum atomic E-state index is -4.82. The molecular formula is C21H18ClF4N5O2S. The van der Waals surface area contributed by atoms with Crippen molar-refractivity contribution in [3.05, 3.63) is 60.2 Å². The van der Waals surface area contributed by atoms with Gasteiger partial charge in [-0.1, -0.05) is 12.1 Å². The molecule has 1 fully saturated rings. The van der Waals surface area contributed by atoms with Crippen molar-refractivity contribution in [2.24, 2.45) is 0 Å². The molecule has 1 aliphatic rings. The molecule has 0 amide bonds. The molecule has 0 bridgehead atoms. The second-order valence-electron chi connectivity index (χ2n) is 7.44. The molecule has 0 radical (unpaired) electrons. The number of hydrogen-bond donors (Lipinski definition) is 2. The van der Waals surface area contributed by atoms with Gasteiger partial charge in [-0.2, -0.15) is 13.2 Å². The summed E-state index contributed by atoms with van der Waals surface area (Å²) in [5, 5.41) is 3.14. The molecule has 0 saturated carbocycles. The lowest BCUT2D eigenvalue weighted by atomic mass is 9.98. The number of nitrogens with zero attached hydrogens (tertiary/aromatic N) is 3. The van der Waals surface area contributed by atoms with Gasteiger partial charge in [-0.3, -0.25) is 0 Å². The van der Waals surface area contributed by atoms with Gasteiger partial charge in [-0.25, -0.2) is 22.8 Å². The predicted molar refractivity (Wildman–Crippen MR) is 119 cm³/mol. The van der Waals surface area contributed by atoms with Crippen molar-refractivity contribution >= 4 is 27.6 Å². The summed E-state index contributed by atoms with van der Waals surface area (Å²) in [6, 6.07) is 10.3. The Bertz CT molecular complexity index is 1280. The van der Waals surface area contributed by atoms with Gasteiger partial charge in [0.15, 0.2) is 0 Å². The average molecular weight is 516 g/mol. The van der Waals surface area contributed by atoms with Crippen LogP contribution in [0.25, 0.3) is 22.4 Å². The Hall–Kier alpha value is -2.80. The van der Waals surface area contributed by atoms with Gasteiger partial charge in [0.05, 0.1) is 16.2 Å². The number of rotatable bonds is 5. The highest BCUT2D eigenvalue weighted by Crippen LogP contribution is 2.40. The quantitative estimate of drug-likeness (QED) is 0.397. The maximum absolute atomic E-state index is 13.8. The van der Waals surface area contributed by atoms with Gasteiger partial charge in [0, 0.05) is 31.7 Å². The lowest BCUT2D eigenvalue weighted by Crippen LogP contribution is -2.44. The van der Waals surface area contributed by atoms with E-state index in [1.807, 2.05) is 0 Å². The van der Waals surface area contributed by atoms with E-state index in [1.54, 1.807) is 9.14 Å². The van der Waals surface area contributed by atoms with Crippen LogP contribution in [0.3, 0.4) is 0 Å². The van der Waals surface area contributed by atoms with Crippen LogP contribution in [0.5, 0.6) is 0 Å². The number of halogens is 5. The van der Waals surface area contributed by atoms with Crippen molar-refractivity contribution < 1.29 is 26.0 Å². The number of alkyl halides is 3. The summed E-state index contributed by atoms with van der Waals surface area (Å²) in [7, 11) is -3.95. The van der Waals surface area contributed by atoms with Crippen LogP contribution in [0.1, 0.15) is 5.82 Å². The Morgan fingerprint density at radius 1 is 0.941 bits per heavy atom. The van der Waals surface area contributed by atoms with E-state index < -0.39 is 27.8 Å². The number of hydrogen-bond acceptors (Lipinski definition) is 6. The standard InChI is InChI=1S/C21H18ClF4N5O2S/c22-30-34(32,33)16-7-3-13(4-8-16)17-18(14-1-5-15(23)6-2-14)28-20(21(24,25)26)29-19(17)31-11-9-27-10-12-31/h1-8,27,30H,9-12H2. The molecule has 2 aromatic carbocycles. The zero-order valence-electron chi connectivity index (χ0n) is 17.4. The Morgan fingerprint density at radius 3 is 2.09 bits per heavy atom. The van der Waals surface area contributed by atoms with Crippen LogP contribution in [-0.2, 0) is 16.2 Å². The maximum Gasteiger partial charge on any atom is 0.451 e. The highest BCUT2D eigenvalue weighted by Gasteiger charge is 2.37. The van der Waals surface area contributed by atoms with Gasteiger partial charge in [-0.15, -0.1) is 4.24 Å². The van der Waals surface area contributed by atoms with Crippen LogP contribution >= 0.6 is 11.8 Å². The van der Waals surface area contributed by atoms with Crippen LogP contribution in [0.4, 0.5) is 23.4 Å². The lowest BCUT2D eigenvalue weighted by Gasteiger charge is -2.31. The van der Waals surface area contributed by atoms with E-state index in [9.17, 15) is 26.0 Å². The van der Waals surface area contributed by atoms with Crippen molar-refractivity contribution in [2.45, 2.75) is 11.1 Å². The van der Waals surface area contributed by atoms with Crippen LogP contribution in [-0.4, -0.2) is 44.6 Å². The number of sulfonamides is 1. The first-order chi connectivity index (χ1) is 16.1. The van der Waals surface area contributed by atoms with Crippen molar-refractivity contribution in [3.8, 4) is 22.4 Å². The largest absolute Gasteiger partial charge is 0.451 e. The van der Waals surface area contributed by atoms with Crippen LogP contribution in [0, 0.1) is 5.82 Å². The van der Waals surface area contributed by atoms with E-state index in [-0.39, 0.29) is 27.5 Å². The second-order valence-corrected chi connectivity index (χ2v) is 9.54. The third-order valence-corrected chi connectivity index (χ3v) is 6.94. The molecule has 2 heterocycles. The number of piperazine rings is 1. The van der Waals surface area contributed by atoms with Gasteiger partial charge >= 0.3 is 6.18 Å². The average Bonchev–Trinajstić information content (AvgIpc) is 2.84. The topological polar surface area (TPSA) is 87.2 Å². The fourth-order valence-electron chi connectivity index (χ4n) is 3.61. The van der Waals surface area contributed by atoms with Gasteiger partial charge in [0.1, 0.15) is 11.6 Å². The fraction of sp³-hybridized carbons (Fsp3) is 0.238. The molecule has 0 aliphatic carbocycles. The second kappa shape index (κ2) is 9.45. The molecule has 13 heteroatoms. The SMILES string of the molecule is O=S(=O)(NCl)c1ccc(-c2c(-c3ccc(F)cc3)nc(C(F)(F)F)nc2N2CCNCC2)cc1. The molecule has 0 atom stereocenters. The maximum atomic E-state index is 13.8. The molecular weight excluding hydrogens is 498 g/mol. The number of anilines is 1. The molecule has 7 nitrogen and oxygen atoms in total. The first-order valence-corrected chi connectivity index (χ1v) is 11.9. The third kappa shape index (κ3) is 4.99. The van der Waals surface area contributed by atoms with Gasteiger partial charge in [-0.05, 0) is 53.7 Å². The Kier molecular flexibility index (Phi) is 6.76. The Labute approximate surface area is 198 Å². The number of aromatic nitrogens is 2. The number of benzene rings is 2. The zero-order valence-corrected chi connectivity index (χ0v) is 19.0. The highest BCUT2D eigenvalue weighted by molar-refractivity contribution is 7.90. The van der Waals surface area contributed by atoms with Crippen molar-refractivity contribution in [2.75, 3.05) is 31.1 Å². The molecule has 1 aromatic heterocycles. The molecule has 180 valence electrons. The molecule has 0 unspecified atom stereocenters. The summed E-state index contributed by atoms with van der Waals surface area (Å²) in [4.78, 5) is 9.26. The van der Waals surface area contributed by atoms with Crippen molar-refractivity contribution in [1.29, 1.82) is 0 Å². The smallest absolute Gasteiger partial charge is 0.353 e. The summed E-state index contributed by atoms with van der Waals surface area (Å²) in [6.07, 6.45) is -4.82. The summed E-state index contributed by atoms with van der Waals surface area (Å²) >= 11 is 5.28. The van der Waals surface area contributed by atoms with Gasteiger partial charge < -0.3 is 10.2 Å². The molecule has 34 heavy (non-hydrogen) atoms. The summed E-state index contributed by atoms with van der Waals surface area (Å²) in [6.45, 7) is 1.87. The van der Waals surface area contributed by atoms with E-state index in [4.69, 9.17) is 11.8 Å². The Balaban J connectivity index is 1.99. The van der Waals surface area contributed by atoms with Crippen LogP contribution < -0.4 is 14.5 Å². The van der Waals surface area contributed by atoms with Crippen LogP contribution in [0.2, 0.25) is 0 Å². The van der Waals surface area contributed by atoms with Crippen molar-refractivity contribution in [1.82, 2.24) is 19.5 Å². The lowest BCUT2D eigenvalue weighted by molar-refractivity contribution is -0.144. The molecule has 1 aliphatic heterocycles. The molecule has 3 aromatic rings. The van der Waals surface area contributed by atoms with Gasteiger partial charge in [0.25, 0.3) is 10.0 Å². The summed E-state index contributed by atoms with van der Waals surface area (Å²) in [5.41, 5.74) is 0.848. The first kappa shape index (κ1) is 24.3. The molecule has 4 rings (SSSR count). The minimum absolute atomic E-state index is 0.0502. The molecule has 1 saturated heterocycles. The highest BCUT2D eigenvalue weighted by atomic mass is 35.5. The third-order valence-electron chi connectivity index (χ3n) is 5.23. The Morgan fingerprint density at radius 2 is 1.53 bits per heavy atom. The van der Waals surface area contributed by atoms with Gasteiger partial charge in [0.2, 0.25) is 5.82 Å². The van der Waals surface area contributed by atoms with E-state index in [1.165, 1.54) is 36.4 Å². The minimum Gasteiger partial charge on any atom is -0.353 e. The van der Waals surface area contributed by atoms with E-state index >= 15 is 0 Å².